The molecule has 3 aromatic rings. The van der Waals surface area contributed by atoms with Crippen molar-refractivity contribution in [3.05, 3.63) is 68.0 Å². The Balaban J connectivity index is 1.76. The van der Waals surface area contributed by atoms with E-state index in [1.165, 1.54) is 23.9 Å². The van der Waals surface area contributed by atoms with Crippen molar-refractivity contribution in [1.82, 2.24) is 5.27 Å². The van der Waals surface area contributed by atoms with E-state index in [2.05, 4.69) is 26.9 Å². The van der Waals surface area contributed by atoms with Crippen LogP contribution in [0.5, 0.6) is 0 Å². The minimum atomic E-state index is -0.811. The summed E-state index contributed by atoms with van der Waals surface area (Å²) in [7, 11) is 1.48. The van der Waals surface area contributed by atoms with E-state index in [1.807, 2.05) is 18.2 Å². The normalized spacial score (nSPS) is 16.3. The van der Waals surface area contributed by atoms with E-state index >= 15 is 0 Å². The molecule has 1 N–H and O–H groups in total. The van der Waals surface area contributed by atoms with Crippen molar-refractivity contribution in [2.75, 3.05) is 6.61 Å². The molecule has 1 atom stereocenters. The SMILES string of the molecule is CCOC(=O)c1c(/N=C(\[O-])c2c(=O)o[nH][n+]2C)sc2c1CCC(c1ccccc1)C2. The molecular weight excluding hydrogens is 406 g/mol. The van der Waals surface area contributed by atoms with Gasteiger partial charge in [-0.05, 0) is 48.5 Å². The number of fused-ring (bicyclic) bond motifs is 1. The first-order chi connectivity index (χ1) is 14.5. The van der Waals surface area contributed by atoms with Crippen LogP contribution in [-0.2, 0) is 24.6 Å². The Morgan fingerprint density at radius 1 is 1.40 bits per heavy atom. The Hall–Kier alpha value is -3.20. The van der Waals surface area contributed by atoms with Gasteiger partial charge in [0.1, 0.15) is 5.00 Å². The molecule has 0 saturated heterocycles. The maximum Gasteiger partial charge on any atom is 0.435 e. The standard InChI is InChI=1S/C21H21N3O5S/c1-3-28-20(26)16-14-10-9-13(12-7-5-4-6-8-12)11-15(14)30-19(16)22-18(25)17-21(27)29-23-24(17)2/h4-8,13H,3,9-11H2,1-2H3,(H-,22,23,25,26,27). The zero-order chi connectivity index (χ0) is 21.3. The molecule has 4 rings (SSSR count). The average Bonchev–Trinajstić information content (AvgIpc) is 3.27. The van der Waals surface area contributed by atoms with Crippen molar-refractivity contribution < 1.29 is 23.8 Å². The van der Waals surface area contributed by atoms with Gasteiger partial charge in [-0.3, -0.25) is 4.52 Å². The number of aromatic amines is 1. The average molecular weight is 427 g/mol. The van der Waals surface area contributed by atoms with Crippen LogP contribution in [0.25, 0.3) is 0 Å². The number of aryl methyl sites for hydroxylation is 1. The summed E-state index contributed by atoms with van der Waals surface area (Å²) in [5.74, 6) is -0.924. The molecule has 0 saturated carbocycles. The highest BCUT2D eigenvalue weighted by molar-refractivity contribution is 7.16. The Kier molecular flexibility index (Phi) is 5.54. The molecule has 2 aromatic heterocycles. The topological polar surface area (TPSA) is 112 Å². The highest BCUT2D eigenvalue weighted by Gasteiger charge is 2.30. The predicted octanol–water partition coefficient (Wildman–Crippen LogP) is 1.74. The van der Waals surface area contributed by atoms with Gasteiger partial charge in [0.2, 0.25) is 0 Å². The number of aromatic nitrogens is 2. The van der Waals surface area contributed by atoms with Crippen LogP contribution in [0.15, 0.2) is 44.6 Å². The molecule has 156 valence electrons. The highest BCUT2D eigenvalue weighted by atomic mass is 32.1. The maximum absolute atomic E-state index is 12.7. The van der Waals surface area contributed by atoms with Crippen LogP contribution < -0.4 is 15.4 Å². The van der Waals surface area contributed by atoms with Crippen LogP contribution in [0, 0.1) is 0 Å². The molecule has 0 fully saturated rings. The molecule has 1 unspecified atom stereocenters. The van der Waals surface area contributed by atoms with Crippen molar-refractivity contribution >= 4 is 28.2 Å². The fourth-order valence-corrected chi connectivity index (χ4v) is 5.07. The molecule has 1 aromatic carbocycles. The summed E-state index contributed by atoms with van der Waals surface area (Å²) in [6.45, 7) is 1.95. The highest BCUT2D eigenvalue weighted by Crippen LogP contribution is 2.44. The van der Waals surface area contributed by atoms with Gasteiger partial charge < -0.3 is 9.84 Å². The largest absolute Gasteiger partial charge is 0.854 e. The number of carbonyl (C=O) groups is 1. The monoisotopic (exact) mass is 427 g/mol. The molecule has 1 aliphatic carbocycles. The second kappa shape index (κ2) is 8.27. The quantitative estimate of drug-likeness (QED) is 0.289. The van der Waals surface area contributed by atoms with E-state index in [9.17, 15) is 14.7 Å². The smallest absolute Gasteiger partial charge is 0.435 e. The summed E-state index contributed by atoms with van der Waals surface area (Å²) in [5.41, 5.74) is 1.43. The van der Waals surface area contributed by atoms with E-state index in [-0.39, 0.29) is 17.3 Å². The number of aliphatic imine (C=N–C) groups is 1. The number of rotatable bonds is 5. The fourth-order valence-electron chi connectivity index (χ4n) is 3.79. The molecule has 1 aliphatic rings. The molecule has 0 amide bonds. The van der Waals surface area contributed by atoms with Gasteiger partial charge in [-0.25, -0.2) is 14.6 Å². The summed E-state index contributed by atoms with van der Waals surface area (Å²) in [5, 5.41) is 15.2. The predicted molar refractivity (Wildman–Crippen MR) is 108 cm³/mol. The Morgan fingerprint density at radius 2 is 2.17 bits per heavy atom. The van der Waals surface area contributed by atoms with Gasteiger partial charge in [-0.1, -0.05) is 35.0 Å². The van der Waals surface area contributed by atoms with Crippen molar-refractivity contribution in [1.29, 1.82) is 0 Å². The molecule has 9 heteroatoms. The second-order valence-electron chi connectivity index (χ2n) is 7.06. The Bertz CT molecular complexity index is 1160. The van der Waals surface area contributed by atoms with Crippen molar-refractivity contribution in [3.8, 4) is 0 Å². The van der Waals surface area contributed by atoms with E-state index in [0.29, 0.717) is 17.9 Å². The number of thiophene rings is 1. The third-order valence-electron chi connectivity index (χ3n) is 5.21. The lowest BCUT2D eigenvalue weighted by Crippen LogP contribution is -2.43. The number of nitrogens with zero attached hydrogens (tertiary/aromatic N) is 2. The van der Waals surface area contributed by atoms with Crippen molar-refractivity contribution in [2.45, 2.75) is 32.1 Å². The van der Waals surface area contributed by atoms with Gasteiger partial charge in [0.15, 0.2) is 7.05 Å². The zero-order valence-electron chi connectivity index (χ0n) is 16.6. The number of hydrogen-bond acceptors (Lipinski definition) is 7. The molecule has 0 aliphatic heterocycles. The van der Waals surface area contributed by atoms with E-state index in [1.54, 1.807) is 6.92 Å². The van der Waals surface area contributed by atoms with Crippen LogP contribution in [0.2, 0.25) is 0 Å². The van der Waals surface area contributed by atoms with Gasteiger partial charge >= 0.3 is 17.3 Å². The third-order valence-corrected chi connectivity index (χ3v) is 6.36. The molecule has 30 heavy (non-hydrogen) atoms. The first kappa shape index (κ1) is 20.1. The lowest BCUT2D eigenvalue weighted by Gasteiger charge is -2.23. The molecule has 8 nitrogen and oxygen atoms in total. The zero-order valence-corrected chi connectivity index (χ0v) is 17.5. The first-order valence-corrected chi connectivity index (χ1v) is 10.5. The molecular formula is C21H21N3O5S. The minimum Gasteiger partial charge on any atom is -0.854 e. The van der Waals surface area contributed by atoms with E-state index < -0.39 is 17.5 Å². The summed E-state index contributed by atoms with van der Waals surface area (Å²) in [4.78, 5) is 29.6. The van der Waals surface area contributed by atoms with Crippen LogP contribution in [0.1, 0.15) is 51.3 Å². The van der Waals surface area contributed by atoms with Gasteiger partial charge in [-0.2, -0.15) is 0 Å². The van der Waals surface area contributed by atoms with Crippen LogP contribution in [0.4, 0.5) is 5.00 Å². The lowest BCUT2D eigenvalue weighted by molar-refractivity contribution is -0.742. The minimum absolute atomic E-state index is 0.222. The van der Waals surface area contributed by atoms with Crippen molar-refractivity contribution in [3.63, 3.8) is 0 Å². The van der Waals surface area contributed by atoms with Crippen LogP contribution in [-0.4, -0.2) is 23.7 Å². The molecule has 2 heterocycles. The molecule has 0 bridgehead atoms. The van der Waals surface area contributed by atoms with E-state index in [0.717, 1.165) is 28.0 Å². The van der Waals surface area contributed by atoms with Gasteiger partial charge in [-0.15, -0.1) is 11.3 Å². The Morgan fingerprint density at radius 3 is 2.83 bits per heavy atom. The number of nitrogens with one attached hydrogen (secondary N) is 1. The number of ether oxygens (including phenoxy) is 1. The number of H-pyrrole nitrogens is 1. The molecule has 0 radical (unpaired) electrons. The first-order valence-electron chi connectivity index (χ1n) is 9.69. The van der Waals surface area contributed by atoms with Gasteiger partial charge in [0.05, 0.1) is 18.1 Å². The lowest BCUT2D eigenvalue weighted by atomic mass is 9.83. The number of hydrogen-bond donors (Lipinski definition) is 1. The van der Waals surface area contributed by atoms with Crippen LogP contribution >= 0.6 is 11.3 Å². The maximum atomic E-state index is 12.7. The summed E-state index contributed by atoms with van der Waals surface area (Å²) in [6.07, 6.45) is 2.35. The molecule has 0 spiro atoms. The Labute approximate surface area is 176 Å². The van der Waals surface area contributed by atoms with E-state index in [4.69, 9.17) is 4.74 Å². The van der Waals surface area contributed by atoms with Gasteiger partial charge in [0.25, 0.3) is 0 Å². The number of benzene rings is 1. The summed E-state index contributed by atoms with van der Waals surface area (Å²) >= 11 is 1.31. The summed E-state index contributed by atoms with van der Waals surface area (Å²) < 4.78 is 11.0. The number of carbonyl (C=O) groups excluding carboxylic acids is 1. The van der Waals surface area contributed by atoms with Gasteiger partial charge in [0, 0.05) is 4.88 Å². The summed E-state index contributed by atoms with van der Waals surface area (Å²) in [6, 6.07) is 10.2. The fraction of sp³-hybridized carbons (Fsp3) is 0.333. The number of esters is 1. The second-order valence-corrected chi connectivity index (χ2v) is 8.14. The van der Waals surface area contributed by atoms with Crippen LogP contribution in [0.3, 0.4) is 0 Å². The van der Waals surface area contributed by atoms with Crippen molar-refractivity contribution in [2.24, 2.45) is 12.0 Å². The third kappa shape index (κ3) is 3.68.